The van der Waals surface area contributed by atoms with Crippen molar-refractivity contribution in [3.63, 3.8) is 0 Å². The Hall–Kier alpha value is -1.75. The molecule has 0 radical (unpaired) electrons. The predicted octanol–water partition coefficient (Wildman–Crippen LogP) is 3.71. The second-order valence-corrected chi connectivity index (χ2v) is 6.38. The topological polar surface area (TPSA) is 57.8 Å². The monoisotopic (exact) mass is 303 g/mol. The molecule has 0 spiro atoms. The van der Waals surface area contributed by atoms with Crippen molar-refractivity contribution in [3.8, 4) is 0 Å². The molecule has 1 heterocycles. The van der Waals surface area contributed by atoms with Crippen LogP contribution in [0.2, 0.25) is 0 Å². The van der Waals surface area contributed by atoms with E-state index in [1.165, 1.54) is 11.1 Å². The third-order valence-corrected chi connectivity index (χ3v) is 4.08. The Morgan fingerprint density at radius 3 is 2.86 bits per heavy atom. The second kappa shape index (κ2) is 7.31. The van der Waals surface area contributed by atoms with Gasteiger partial charge in [-0.2, -0.15) is 5.10 Å². The van der Waals surface area contributed by atoms with Crippen molar-refractivity contribution in [2.75, 3.05) is 11.1 Å². The fraction of sp³-hybridized carbons (Fsp3) is 0.375. The summed E-state index contributed by atoms with van der Waals surface area (Å²) in [5, 5.41) is 9.83. The summed E-state index contributed by atoms with van der Waals surface area (Å²) in [5.41, 5.74) is 3.52. The van der Waals surface area contributed by atoms with Crippen LogP contribution in [-0.2, 0) is 10.5 Å². The van der Waals surface area contributed by atoms with Gasteiger partial charge in [0.15, 0.2) is 5.82 Å². The van der Waals surface area contributed by atoms with E-state index in [2.05, 4.69) is 54.5 Å². The molecule has 21 heavy (non-hydrogen) atoms. The van der Waals surface area contributed by atoms with Crippen LogP contribution in [-0.4, -0.2) is 21.9 Å². The number of aromatic nitrogens is 2. The first-order valence-electron chi connectivity index (χ1n) is 7.03. The number of nitrogens with zero attached hydrogens (tertiary/aromatic N) is 1. The van der Waals surface area contributed by atoms with Crippen LogP contribution in [0.1, 0.15) is 36.6 Å². The van der Waals surface area contributed by atoms with E-state index in [0.29, 0.717) is 17.5 Å². The highest BCUT2D eigenvalue weighted by atomic mass is 32.2. The molecule has 1 amide bonds. The molecule has 0 aliphatic carbocycles. The fourth-order valence-electron chi connectivity index (χ4n) is 1.94. The highest BCUT2D eigenvalue weighted by molar-refractivity contribution is 7.99. The number of amides is 1. The van der Waals surface area contributed by atoms with Crippen molar-refractivity contribution in [2.45, 2.75) is 32.4 Å². The standard InChI is InChI=1S/C16H21N3OS/c1-11(2)14-8-15(19-18-14)17-16(20)10-21-9-13-6-4-5-12(3)7-13/h4-8,11H,9-10H2,1-3H3,(H2,17,18,19,20). The summed E-state index contributed by atoms with van der Waals surface area (Å²) >= 11 is 1.61. The van der Waals surface area contributed by atoms with E-state index in [0.717, 1.165) is 11.4 Å². The molecule has 2 aromatic rings. The average Bonchev–Trinajstić information content (AvgIpc) is 2.87. The molecule has 2 N–H and O–H groups in total. The first-order chi connectivity index (χ1) is 10.0. The quantitative estimate of drug-likeness (QED) is 0.855. The van der Waals surface area contributed by atoms with E-state index in [1.54, 1.807) is 11.8 Å². The molecule has 5 heteroatoms. The zero-order valence-corrected chi connectivity index (χ0v) is 13.5. The summed E-state index contributed by atoms with van der Waals surface area (Å²) in [7, 11) is 0. The molecule has 0 saturated carbocycles. The van der Waals surface area contributed by atoms with Gasteiger partial charge in [-0.15, -0.1) is 11.8 Å². The smallest absolute Gasteiger partial charge is 0.235 e. The van der Waals surface area contributed by atoms with E-state index in [1.807, 2.05) is 12.1 Å². The molecule has 0 fully saturated rings. The summed E-state index contributed by atoms with van der Waals surface area (Å²) in [6.07, 6.45) is 0. The number of rotatable bonds is 6. The maximum Gasteiger partial charge on any atom is 0.235 e. The number of carbonyl (C=O) groups is 1. The van der Waals surface area contributed by atoms with Crippen LogP contribution in [0.3, 0.4) is 0 Å². The van der Waals surface area contributed by atoms with Crippen LogP contribution >= 0.6 is 11.8 Å². The third kappa shape index (κ3) is 4.93. The minimum atomic E-state index is -0.0190. The lowest BCUT2D eigenvalue weighted by Crippen LogP contribution is -2.14. The minimum Gasteiger partial charge on any atom is -0.308 e. The van der Waals surface area contributed by atoms with Crippen LogP contribution in [0.15, 0.2) is 30.3 Å². The third-order valence-electron chi connectivity index (χ3n) is 3.07. The predicted molar refractivity (Wildman–Crippen MR) is 88.6 cm³/mol. The Morgan fingerprint density at radius 2 is 2.19 bits per heavy atom. The van der Waals surface area contributed by atoms with Crippen LogP contribution in [0.5, 0.6) is 0 Å². The molecule has 1 aromatic carbocycles. The van der Waals surface area contributed by atoms with E-state index < -0.39 is 0 Å². The number of H-pyrrole nitrogens is 1. The summed E-state index contributed by atoms with van der Waals surface area (Å²) in [6, 6.07) is 10.2. The van der Waals surface area contributed by atoms with E-state index in [9.17, 15) is 4.79 Å². The molecule has 0 aliphatic rings. The Kier molecular flexibility index (Phi) is 5.44. The van der Waals surface area contributed by atoms with E-state index in [4.69, 9.17) is 0 Å². The summed E-state index contributed by atoms with van der Waals surface area (Å²) in [6.45, 7) is 6.23. The number of aryl methyl sites for hydroxylation is 1. The van der Waals surface area contributed by atoms with Crippen LogP contribution in [0.4, 0.5) is 5.82 Å². The summed E-state index contributed by atoms with van der Waals surface area (Å²) in [5.74, 6) is 2.22. The van der Waals surface area contributed by atoms with Gasteiger partial charge in [-0.1, -0.05) is 43.7 Å². The number of carbonyl (C=O) groups excluding carboxylic acids is 1. The number of benzene rings is 1. The van der Waals surface area contributed by atoms with Gasteiger partial charge in [0, 0.05) is 17.5 Å². The van der Waals surface area contributed by atoms with E-state index >= 15 is 0 Å². The molecule has 4 nitrogen and oxygen atoms in total. The van der Waals surface area contributed by atoms with Gasteiger partial charge in [-0.05, 0) is 18.4 Å². The first kappa shape index (κ1) is 15.6. The second-order valence-electron chi connectivity index (χ2n) is 5.39. The molecule has 0 atom stereocenters. The van der Waals surface area contributed by atoms with Gasteiger partial charge in [0.25, 0.3) is 0 Å². The lowest BCUT2D eigenvalue weighted by molar-refractivity contribution is -0.113. The number of nitrogens with one attached hydrogen (secondary N) is 2. The number of hydrogen-bond donors (Lipinski definition) is 2. The van der Waals surface area contributed by atoms with Crippen molar-refractivity contribution < 1.29 is 4.79 Å². The van der Waals surface area contributed by atoms with Crippen molar-refractivity contribution in [3.05, 3.63) is 47.2 Å². The van der Waals surface area contributed by atoms with Gasteiger partial charge < -0.3 is 5.32 Å². The highest BCUT2D eigenvalue weighted by Gasteiger charge is 2.08. The molecule has 2 rings (SSSR count). The lowest BCUT2D eigenvalue weighted by Gasteiger charge is -2.03. The largest absolute Gasteiger partial charge is 0.308 e. The molecule has 1 aromatic heterocycles. The number of aromatic amines is 1. The minimum absolute atomic E-state index is 0.0190. The van der Waals surface area contributed by atoms with Gasteiger partial charge in [0.1, 0.15) is 0 Å². The van der Waals surface area contributed by atoms with Crippen LogP contribution < -0.4 is 5.32 Å². The molecular weight excluding hydrogens is 282 g/mol. The highest BCUT2D eigenvalue weighted by Crippen LogP contribution is 2.16. The number of thioether (sulfide) groups is 1. The molecule has 112 valence electrons. The summed E-state index contributed by atoms with van der Waals surface area (Å²) in [4.78, 5) is 11.9. The summed E-state index contributed by atoms with van der Waals surface area (Å²) < 4.78 is 0. The zero-order chi connectivity index (χ0) is 15.2. The Balaban J connectivity index is 1.77. The number of anilines is 1. The first-order valence-corrected chi connectivity index (χ1v) is 8.18. The van der Waals surface area contributed by atoms with Gasteiger partial charge in [0.2, 0.25) is 5.91 Å². The lowest BCUT2D eigenvalue weighted by atomic mass is 10.1. The van der Waals surface area contributed by atoms with Gasteiger partial charge in [0.05, 0.1) is 5.75 Å². The molecule has 0 bridgehead atoms. The molecular formula is C16H21N3OS. The Morgan fingerprint density at radius 1 is 1.38 bits per heavy atom. The van der Waals surface area contributed by atoms with Gasteiger partial charge >= 0.3 is 0 Å². The molecule has 0 aliphatic heterocycles. The zero-order valence-electron chi connectivity index (χ0n) is 12.6. The normalized spacial score (nSPS) is 10.9. The SMILES string of the molecule is Cc1cccc(CSCC(=O)Nc2cc(C(C)C)[nH]n2)c1. The fourth-order valence-corrected chi connectivity index (χ4v) is 2.71. The van der Waals surface area contributed by atoms with Crippen LogP contribution in [0.25, 0.3) is 0 Å². The average molecular weight is 303 g/mol. The molecule has 0 unspecified atom stereocenters. The maximum atomic E-state index is 11.9. The van der Waals surface area contributed by atoms with E-state index in [-0.39, 0.29) is 5.91 Å². The molecule has 0 saturated heterocycles. The van der Waals surface area contributed by atoms with Crippen LogP contribution in [0, 0.1) is 6.92 Å². The van der Waals surface area contributed by atoms with Crippen molar-refractivity contribution in [2.24, 2.45) is 0 Å². The number of hydrogen-bond acceptors (Lipinski definition) is 3. The maximum absolute atomic E-state index is 11.9. The van der Waals surface area contributed by atoms with Crippen molar-refractivity contribution in [1.29, 1.82) is 0 Å². The van der Waals surface area contributed by atoms with Crippen molar-refractivity contribution in [1.82, 2.24) is 10.2 Å². The van der Waals surface area contributed by atoms with Gasteiger partial charge in [-0.25, -0.2) is 0 Å². The Labute approximate surface area is 129 Å². The van der Waals surface area contributed by atoms with Gasteiger partial charge in [-0.3, -0.25) is 9.89 Å². The Bertz CT molecular complexity index is 607. The van der Waals surface area contributed by atoms with Crippen molar-refractivity contribution >= 4 is 23.5 Å².